The molecule has 0 saturated carbocycles. The van der Waals surface area contributed by atoms with Crippen LogP contribution in [0.25, 0.3) is 0 Å². The highest BCUT2D eigenvalue weighted by Gasteiger charge is 2.38. The highest BCUT2D eigenvalue weighted by atomic mass is 16.6. The number of carbonyl (C=O) groups is 2. The van der Waals surface area contributed by atoms with E-state index < -0.39 is 29.6 Å². The Kier molecular flexibility index (Phi) is 4.70. The topological polar surface area (TPSA) is 95.9 Å². The van der Waals surface area contributed by atoms with E-state index in [0.717, 1.165) is 0 Å². The van der Waals surface area contributed by atoms with Gasteiger partial charge in [-0.3, -0.25) is 4.79 Å². The minimum Gasteiger partial charge on any atom is -0.458 e. The highest BCUT2D eigenvalue weighted by Crippen LogP contribution is 2.22. The van der Waals surface area contributed by atoms with Crippen molar-refractivity contribution in [2.45, 2.75) is 51.4 Å². The fourth-order valence-corrected chi connectivity index (χ4v) is 1.87. The summed E-state index contributed by atoms with van der Waals surface area (Å²) in [5, 5.41) is 20.6. The van der Waals surface area contributed by atoms with E-state index in [2.05, 4.69) is 5.32 Å². The lowest BCUT2D eigenvalue weighted by Crippen LogP contribution is -2.38. The van der Waals surface area contributed by atoms with Crippen LogP contribution in [0.4, 0.5) is 0 Å². The molecule has 1 aliphatic heterocycles. The molecular weight excluding hydrogens is 238 g/mol. The third-order valence-corrected chi connectivity index (χ3v) is 2.67. The third-order valence-electron chi connectivity index (χ3n) is 2.67. The molecule has 104 valence electrons. The molecule has 1 amide bonds. The molecule has 0 aromatic carbocycles. The molecular formula is C12H21NO5. The number of rotatable bonds is 4. The number of hydrogen-bond acceptors (Lipinski definition) is 5. The second-order valence-electron chi connectivity index (χ2n) is 5.60. The standard InChI is InChI=1S/C12H21NO5/c1-12(2,3)18-11(17)9-5-7(10(16)13-9)4-8(15)6-14/h7-9,14-15H,4-6H2,1-3H3,(H,13,16)/t7-,8?,9+/m1/s1. The predicted octanol–water partition coefficient (Wildman–Crippen LogP) is -0.424. The predicted molar refractivity (Wildman–Crippen MR) is 63.6 cm³/mol. The van der Waals surface area contributed by atoms with Gasteiger partial charge in [-0.05, 0) is 33.6 Å². The van der Waals surface area contributed by atoms with Crippen molar-refractivity contribution < 1.29 is 24.5 Å². The van der Waals surface area contributed by atoms with Crippen molar-refractivity contribution in [2.24, 2.45) is 5.92 Å². The van der Waals surface area contributed by atoms with Gasteiger partial charge in [0.05, 0.1) is 12.7 Å². The second kappa shape index (κ2) is 5.67. The number of aliphatic hydroxyl groups is 2. The first-order valence-electron chi connectivity index (χ1n) is 6.05. The zero-order valence-electron chi connectivity index (χ0n) is 11.0. The Morgan fingerprint density at radius 2 is 2.17 bits per heavy atom. The first-order valence-corrected chi connectivity index (χ1v) is 6.05. The van der Waals surface area contributed by atoms with Crippen LogP contribution in [0.2, 0.25) is 0 Å². The fourth-order valence-electron chi connectivity index (χ4n) is 1.87. The molecule has 1 rings (SSSR count). The number of esters is 1. The molecule has 1 unspecified atom stereocenters. The maximum atomic E-state index is 11.8. The van der Waals surface area contributed by atoms with Crippen molar-refractivity contribution in [1.82, 2.24) is 5.32 Å². The summed E-state index contributed by atoms with van der Waals surface area (Å²) >= 11 is 0. The average Bonchev–Trinajstić information content (AvgIpc) is 2.58. The monoisotopic (exact) mass is 259 g/mol. The first kappa shape index (κ1) is 14.9. The molecule has 6 heteroatoms. The van der Waals surface area contributed by atoms with E-state index in [1.165, 1.54) is 0 Å². The maximum Gasteiger partial charge on any atom is 0.329 e. The van der Waals surface area contributed by atoms with E-state index in [1.807, 2.05) is 0 Å². The lowest BCUT2D eigenvalue weighted by Gasteiger charge is -2.21. The number of carbonyl (C=O) groups excluding carboxylic acids is 2. The summed E-state index contributed by atoms with van der Waals surface area (Å²) in [5.74, 6) is -1.19. The van der Waals surface area contributed by atoms with Gasteiger partial charge >= 0.3 is 5.97 Å². The molecule has 0 aromatic rings. The molecule has 3 N–H and O–H groups in total. The Morgan fingerprint density at radius 3 is 2.67 bits per heavy atom. The number of nitrogens with one attached hydrogen (secondary N) is 1. The van der Waals surface area contributed by atoms with Gasteiger partial charge in [-0.2, -0.15) is 0 Å². The van der Waals surface area contributed by atoms with Crippen LogP contribution in [-0.2, 0) is 14.3 Å². The molecule has 0 aromatic heterocycles. The van der Waals surface area contributed by atoms with E-state index in [9.17, 15) is 14.7 Å². The van der Waals surface area contributed by atoms with Crippen LogP contribution in [-0.4, -0.2) is 46.4 Å². The third kappa shape index (κ3) is 4.27. The molecule has 0 spiro atoms. The smallest absolute Gasteiger partial charge is 0.329 e. The molecule has 0 radical (unpaired) electrons. The van der Waals surface area contributed by atoms with Crippen LogP contribution in [0.1, 0.15) is 33.6 Å². The van der Waals surface area contributed by atoms with E-state index in [-0.39, 0.29) is 18.9 Å². The quantitative estimate of drug-likeness (QED) is 0.596. The van der Waals surface area contributed by atoms with Gasteiger partial charge in [0.2, 0.25) is 5.91 Å². The maximum absolute atomic E-state index is 11.8. The molecule has 3 atom stereocenters. The average molecular weight is 259 g/mol. The Bertz CT molecular complexity index is 323. The van der Waals surface area contributed by atoms with E-state index >= 15 is 0 Å². The largest absolute Gasteiger partial charge is 0.458 e. The van der Waals surface area contributed by atoms with Gasteiger partial charge in [0, 0.05) is 5.92 Å². The van der Waals surface area contributed by atoms with E-state index in [0.29, 0.717) is 6.42 Å². The highest BCUT2D eigenvalue weighted by molar-refractivity contribution is 5.89. The lowest BCUT2D eigenvalue weighted by atomic mass is 9.98. The van der Waals surface area contributed by atoms with Crippen LogP contribution in [0.3, 0.4) is 0 Å². The summed E-state index contributed by atoms with van der Waals surface area (Å²) in [6.45, 7) is 4.89. The molecule has 1 heterocycles. The molecule has 18 heavy (non-hydrogen) atoms. The van der Waals surface area contributed by atoms with Crippen molar-refractivity contribution in [2.75, 3.05) is 6.61 Å². The van der Waals surface area contributed by atoms with Crippen molar-refractivity contribution in [3.05, 3.63) is 0 Å². The molecule has 0 aliphatic carbocycles. The number of aliphatic hydroxyl groups excluding tert-OH is 2. The molecule has 0 bridgehead atoms. The summed E-state index contributed by atoms with van der Waals surface area (Å²) < 4.78 is 5.18. The normalized spacial score (nSPS) is 25.7. The lowest BCUT2D eigenvalue weighted by molar-refractivity contribution is -0.157. The molecule has 1 aliphatic rings. The Labute approximate surface area is 106 Å². The van der Waals surface area contributed by atoms with Gasteiger partial charge < -0.3 is 20.3 Å². The fraction of sp³-hybridized carbons (Fsp3) is 0.833. The summed E-state index contributed by atoms with van der Waals surface area (Å²) in [6, 6.07) is -0.660. The summed E-state index contributed by atoms with van der Waals surface area (Å²) in [7, 11) is 0. The minimum absolute atomic E-state index is 0.154. The van der Waals surface area contributed by atoms with Crippen LogP contribution in [0, 0.1) is 5.92 Å². The summed E-state index contributed by atoms with van der Waals surface area (Å²) in [4.78, 5) is 23.4. The molecule has 6 nitrogen and oxygen atoms in total. The van der Waals surface area contributed by atoms with Gasteiger partial charge in [0.15, 0.2) is 0 Å². The summed E-state index contributed by atoms with van der Waals surface area (Å²) in [5.41, 5.74) is -0.593. The SMILES string of the molecule is CC(C)(C)OC(=O)[C@@H]1C[C@@H](CC(O)CO)C(=O)N1. The van der Waals surface area contributed by atoms with Crippen LogP contribution >= 0.6 is 0 Å². The van der Waals surface area contributed by atoms with Crippen LogP contribution in [0.15, 0.2) is 0 Å². The van der Waals surface area contributed by atoms with E-state index in [1.54, 1.807) is 20.8 Å². The second-order valence-corrected chi connectivity index (χ2v) is 5.60. The van der Waals surface area contributed by atoms with Crippen molar-refractivity contribution >= 4 is 11.9 Å². The van der Waals surface area contributed by atoms with Crippen molar-refractivity contribution in [3.8, 4) is 0 Å². The minimum atomic E-state index is -0.932. The van der Waals surface area contributed by atoms with Gasteiger partial charge in [-0.1, -0.05) is 0 Å². The number of ether oxygens (including phenoxy) is 1. The molecule has 1 saturated heterocycles. The Morgan fingerprint density at radius 1 is 1.56 bits per heavy atom. The van der Waals surface area contributed by atoms with Crippen LogP contribution in [0.5, 0.6) is 0 Å². The number of hydrogen-bond donors (Lipinski definition) is 3. The van der Waals surface area contributed by atoms with Crippen LogP contribution < -0.4 is 5.32 Å². The first-order chi connectivity index (χ1) is 8.23. The van der Waals surface area contributed by atoms with Gasteiger partial charge in [0.1, 0.15) is 11.6 Å². The number of amides is 1. The van der Waals surface area contributed by atoms with E-state index in [4.69, 9.17) is 9.84 Å². The van der Waals surface area contributed by atoms with Crippen molar-refractivity contribution in [1.29, 1.82) is 0 Å². The van der Waals surface area contributed by atoms with Crippen molar-refractivity contribution in [3.63, 3.8) is 0 Å². The van der Waals surface area contributed by atoms with Gasteiger partial charge in [-0.25, -0.2) is 4.79 Å². The Balaban J connectivity index is 2.53. The summed E-state index contributed by atoms with van der Waals surface area (Å²) in [6.07, 6.45) is -0.481. The zero-order chi connectivity index (χ0) is 13.9. The zero-order valence-corrected chi connectivity index (χ0v) is 11.0. The molecule has 1 fully saturated rings. The Hall–Kier alpha value is -1.14. The van der Waals surface area contributed by atoms with Gasteiger partial charge in [0.25, 0.3) is 0 Å². The van der Waals surface area contributed by atoms with Gasteiger partial charge in [-0.15, -0.1) is 0 Å².